The van der Waals surface area contributed by atoms with Gasteiger partial charge in [-0.2, -0.15) is 0 Å². The zero-order valence-corrected chi connectivity index (χ0v) is 16.3. The number of carbonyl (C=O) groups excluding carboxylic acids is 2. The number of para-hydroxylation sites is 1. The molecule has 6 heteroatoms. The third-order valence-electron chi connectivity index (χ3n) is 4.29. The number of anilines is 2. The number of nitrogens with one attached hydrogen (secondary N) is 1. The standard InChI is InChI=1S/C23H22N2O4/c1-25(19-6-4-3-5-7-19)23(27)17-8-10-18(11-9-17)24-22(26)16-29-21-14-12-20(28-2)13-15-21/h3-15H,16H2,1-2H3,(H,24,26). The van der Waals surface area contributed by atoms with Gasteiger partial charge in [0.2, 0.25) is 0 Å². The summed E-state index contributed by atoms with van der Waals surface area (Å²) < 4.78 is 10.5. The Balaban J connectivity index is 1.54. The normalized spacial score (nSPS) is 10.1. The highest BCUT2D eigenvalue weighted by molar-refractivity contribution is 6.06. The Hall–Kier alpha value is -3.80. The van der Waals surface area contributed by atoms with Crippen molar-refractivity contribution in [3.8, 4) is 11.5 Å². The van der Waals surface area contributed by atoms with Crippen molar-refractivity contribution >= 4 is 23.2 Å². The van der Waals surface area contributed by atoms with E-state index in [1.807, 2.05) is 30.3 Å². The predicted octanol–water partition coefficient (Wildman–Crippen LogP) is 3.99. The molecule has 3 aromatic rings. The maximum absolute atomic E-state index is 12.6. The molecule has 3 rings (SSSR count). The van der Waals surface area contributed by atoms with Crippen LogP contribution in [-0.2, 0) is 4.79 Å². The van der Waals surface area contributed by atoms with Crippen molar-refractivity contribution in [3.63, 3.8) is 0 Å². The van der Waals surface area contributed by atoms with Crippen LogP contribution in [-0.4, -0.2) is 32.6 Å². The van der Waals surface area contributed by atoms with Crippen LogP contribution >= 0.6 is 0 Å². The number of rotatable bonds is 7. The highest BCUT2D eigenvalue weighted by Gasteiger charge is 2.13. The Morgan fingerprint density at radius 2 is 1.48 bits per heavy atom. The molecule has 3 aromatic carbocycles. The third kappa shape index (κ3) is 5.35. The molecule has 0 aliphatic heterocycles. The molecule has 0 saturated carbocycles. The highest BCUT2D eigenvalue weighted by atomic mass is 16.5. The van der Waals surface area contributed by atoms with Gasteiger partial charge < -0.3 is 19.7 Å². The molecule has 6 nitrogen and oxygen atoms in total. The number of methoxy groups -OCH3 is 1. The first-order chi connectivity index (χ1) is 14.1. The zero-order valence-electron chi connectivity index (χ0n) is 16.3. The fraction of sp³-hybridized carbons (Fsp3) is 0.130. The molecule has 0 atom stereocenters. The molecule has 0 aliphatic carbocycles. The first kappa shape index (κ1) is 19.9. The second kappa shape index (κ2) is 9.41. The molecule has 148 valence electrons. The number of carbonyl (C=O) groups is 2. The van der Waals surface area contributed by atoms with Gasteiger partial charge in [0.05, 0.1) is 7.11 Å². The van der Waals surface area contributed by atoms with Gasteiger partial charge in [-0.1, -0.05) is 18.2 Å². The van der Waals surface area contributed by atoms with Gasteiger partial charge in [-0.25, -0.2) is 0 Å². The van der Waals surface area contributed by atoms with Gasteiger partial charge in [-0.3, -0.25) is 9.59 Å². The van der Waals surface area contributed by atoms with Gasteiger partial charge in [0.15, 0.2) is 6.61 Å². The summed E-state index contributed by atoms with van der Waals surface area (Å²) in [6.07, 6.45) is 0. The van der Waals surface area contributed by atoms with E-state index in [0.29, 0.717) is 22.7 Å². The smallest absolute Gasteiger partial charge is 0.262 e. The largest absolute Gasteiger partial charge is 0.497 e. The van der Waals surface area contributed by atoms with Crippen LogP contribution in [0.3, 0.4) is 0 Å². The van der Waals surface area contributed by atoms with E-state index in [9.17, 15) is 9.59 Å². The number of hydrogen-bond donors (Lipinski definition) is 1. The molecule has 0 spiro atoms. The van der Waals surface area contributed by atoms with Gasteiger partial charge in [0.25, 0.3) is 11.8 Å². The average molecular weight is 390 g/mol. The fourth-order valence-electron chi connectivity index (χ4n) is 2.68. The van der Waals surface area contributed by atoms with Crippen LogP contribution in [0.1, 0.15) is 10.4 Å². The van der Waals surface area contributed by atoms with Gasteiger partial charge in [-0.15, -0.1) is 0 Å². The van der Waals surface area contributed by atoms with E-state index < -0.39 is 0 Å². The van der Waals surface area contributed by atoms with Crippen molar-refractivity contribution in [2.75, 3.05) is 31.0 Å². The summed E-state index contributed by atoms with van der Waals surface area (Å²) in [5.41, 5.74) is 1.93. The lowest BCUT2D eigenvalue weighted by molar-refractivity contribution is -0.118. The Labute approximate surface area is 169 Å². The molecular weight excluding hydrogens is 368 g/mol. The lowest BCUT2D eigenvalue weighted by Crippen LogP contribution is -2.26. The molecular formula is C23H22N2O4. The first-order valence-corrected chi connectivity index (χ1v) is 9.06. The van der Waals surface area contributed by atoms with Crippen molar-refractivity contribution in [1.29, 1.82) is 0 Å². The number of hydrogen-bond acceptors (Lipinski definition) is 4. The molecule has 0 aromatic heterocycles. The number of ether oxygens (including phenoxy) is 2. The summed E-state index contributed by atoms with van der Waals surface area (Å²) in [6.45, 7) is -0.121. The number of nitrogens with zero attached hydrogens (tertiary/aromatic N) is 1. The molecule has 0 bridgehead atoms. The maximum atomic E-state index is 12.6. The van der Waals surface area contributed by atoms with E-state index in [-0.39, 0.29) is 18.4 Å². The molecule has 0 heterocycles. The summed E-state index contributed by atoms with van der Waals surface area (Å²) in [7, 11) is 3.31. The van der Waals surface area contributed by atoms with Crippen LogP contribution in [0.15, 0.2) is 78.9 Å². The summed E-state index contributed by atoms with van der Waals surface area (Å²) in [5, 5.41) is 2.75. The Morgan fingerprint density at radius 3 is 2.10 bits per heavy atom. The van der Waals surface area contributed by atoms with E-state index in [1.54, 1.807) is 67.6 Å². The van der Waals surface area contributed by atoms with Crippen LogP contribution in [0.2, 0.25) is 0 Å². The monoisotopic (exact) mass is 390 g/mol. The van der Waals surface area contributed by atoms with Crippen LogP contribution < -0.4 is 19.7 Å². The summed E-state index contributed by atoms with van der Waals surface area (Å²) in [6, 6.07) is 23.1. The van der Waals surface area contributed by atoms with Crippen molar-refractivity contribution in [3.05, 3.63) is 84.4 Å². The first-order valence-electron chi connectivity index (χ1n) is 9.06. The van der Waals surface area contributed by atoms with E-state index in [2.05, 4.69) is 5.32 Å². The minimum absolute atomic E-state index is 0.121. The Morgan fingerprint density at radius 1 is 0.862 bits per heavy atom. The molecule has 1 N–H and O–H groups in total. The third-order valence-corrected chi connectivity index (χ3v) is 4.29. The Bertz CT molecular complexity index is 954. The van der Waals surface area contributed by atoms with Crippen LogP contribution in [0.25, 0.3) is 0 Å². The molecule has 0 radical (unpaired) electrons. The molecule has 0 saturated heterocycles. The molecule has 0 unspecified atom stereocenters. The SMILES string of the molecule is COc1ccc(OCC(=O)Nc2ccc(C(=O)N(C)c3ccccc3)cc2)cc1. The number of benzene rings is 3. The van der Waals surface area contributed by atoms with Crippen LogP contribution in [0.5, 0.6) is 11.5 Å². The number of amides is 2. The van der Waals surface area contributed by atoms with Gasteiger partial charge >= 0.3 is 0 Å². The molecule has 2 amide bonds. The van der Waals surface area contributed by atoms with Gasteiger partial charge in [0.1, 0.15) is 11.5 Å². The minimum Gasteiger partial charge on any atom is -0.497 e. The van der Waals surface area contributed by atoms with E-state index >= 15 is 0 Å². The van der Waals surface area contributed by atoms with Crippen molar-refractivity contribution in [2.45, 2.75) is 0 Å². The summed E-state index contributed by atoms with van der Waals surface area (Å²) in [5.74, 6) is 0.874. The fourth-order valence-corrected chi connectivity index (χ4v) is 2.68. The summed E-state index contributed by atoms with van der Waals surface area (Å²) >= 11 is 0. The maximum Gasteiger partial charge on any atom is 0.262 e. The lowest BCUT2D eigenvalue weighted by Gasteiger charge is -2.17. The van der Waals surface area contributed by atoms with Gasteiger partial charge in [0, 0.05) is 24.0 Å². The Kier molecular flexibility index (Phi) is 6.47. The zero-order chi connectivity index (χ0) is 20.6. The van der Waals surface area contributed by atoms with E-state index in [4.69, 9.17) is 9.47 Å². The van der Waals surface area contributed by atoms with Crippen molar-refractivity contribution in [2.24, 2.45) is 0 Å². The molecule has 0 fully saturated rings. The second-order valence-corrected chi connectivity index (χ2v) is 6.29. The van der Waals surface area contributed by atoms with E-state index in [1.165, 1.54) is 0 Å². The lowest BCUT2D eigenvalue weighted by atomic mass is 10.1. The van der Waals surface area contributed by atoms with Gasteiger partial charge in [-0.05, 0) is 60.7 Å². The topological polar surface area (TPSA) is 67.9 Å². The average Bonchev–Trinajstić information content (AvgIpc) is 2.78. The summed E-state index contributed by atoms with van der Waals surface area (Å²) in [4.78, 5) is 26.3. The predicted molar refractivity (Wildman–Crippen MR) is 113 cm³/mol. The van der Waals surface area contributed by atoms with Crippen LogP contribution in [0.4, 0.5) is 11.4 Å². The van der Waals surface area contributed by atoms with Crippen LogP contribution in [0, 0.1) is 0 Å². The molecule has 0 aliphatic rings. The molecule has 29 heavy (non-hydrogen) atoms. The second-order valence-electron chi connectivity index (χ2n) is 6.29. The van der Waals surface area contributed by atoms with E-state index in [0.717, 1.165) is 5.69 Å². The quantitative estimate of drug-likeness (QED) is 0.662. The van der Waals surface area contributed by atoms with Crippen molar-refractivity contribution in [1.82, 2.24) is 0 Å². The highest BCUT2D eigenvalue weighted by Crippen LogP contribution is 2.18. The van der Waals surface area contributed by atoms with Crippen molar-refractivity contribution < 1.29 is 19.1 Å². The minimum atomic E-state index is -0.290.